The average Bonchev–Trinajstić information content (AvgIpc) is 2.62. The van der Waals surface area contributed by atoms with Crippen molar-refractivity contribution in [1.82, 2.24) is 10.2 Å². The van der Waals surface area contributed by atoms with Crippen LogP contribution >= 0.6 is 0 Å². The normalized spacial score (nSPS) is 19.0. The van der Waals surface area contributed by atoms with Crippen LogP contribution in [0.2, 0.25) is 0 Å². The van der Waals surface area contributed by atoms with Crippen molar-refractivity contribution in [3.05, 3.63) is 0 Å². The van der Waals surface area contributed by atoms with E-state index < -0.39 is 0 Å². The smallest absolute Gasteiger partial charge is 0.232 e. The molecular formula is C14H24N2O4. The van der Waals surface area contributed by atoms with Crippen molar-refractivity contribution in [2.45, 2.75) is 33.6 Å². The first-order valence-corrected chi connectivity index (χ1v) is 7.10. The van der Waals surface area contributed by atoms with Crippen LogP contribution < -0.4 is 5.32 Å². The first-order valence-electron chi connectivity index (χ1n) is 7.10. The third kappa shape index (κ3) is 5.28. The maximum absolute atomic E-state index is 11.6. The van der Waals surface area contributed by atoms with Crippen LogP contribution in [0.1, 0.15) is 33.6 Å². The number of carbonyl (C=O) groups is 3. The summed E-state index contributed by atoms with van der Waals surface area (Å²) in [4.78, 5) is 35.8. The maximum atomic E-state index is 11.6. The third-order valence-electron chi connectivity index (χ3n) is 3.11. The Bertz CT molecular complexity index is 368. The molecule has 0 radical (unpaired) electrons. The number of carbonyl (C=O) groups excluding carboxylic acids is 3. The molecule has 1 aliphatic rings. The number of amides is 3. The van der Waals surface area contributed by atoms with Gasteiger partial charge in [0.05, 0.1) is 19.8 Å². The molecule has 0 aliphatic carbocycles. The lowest BCUT2D eigenvalue weighted by molar-refractivity contribution is -0.140. The highest BCUT2D eigenvalue weighted by molar-refractivity contribution is 6.03. The second-order valence-corrected chi connectivity index (χ2v) is 5.55. The minimum absolute atomic E-state index is 0.0411. The van der Waals surface area contributed by atoms with Gasteiger partial charge in [0, 0.05) is 25.3 Å². The number of rotatable bonds is 8. The lowest BCUT2D eigenvalue weighted by Crippen LogP contribution is -2.34. The summed E-state index contributed by atoms with van der Waals surface area (Å²) in [6.45, 7) is 7.32. The van der Waals surface area contributed by atoms with Crippen molar-refractivity contribution in [3.8, 4) is 0 Å². The molecule has 0 aromatic rings. The SMILES string of the molecule is CC(C)CNC(=O)CCOCCN1C(=O)CC(C)C1=O. The Kier molecular flexibility index (Phi) is 6.64. The van der Waals surface area contributed by atoms with E-state index in [1.807, 2.05) is 13.8 Å². The van der Waals surface area contributed by atoms with Gasteiger partial charge in [-0.3, -0.25) is 19.3 Å². The summed E-state index contributed by atoms with van der Waals surface area (Å²) >= 11 is 0. The molecule has 1 saturated heterocycles. The molecule has 0 aromatic heterocycles. The Hall–Kier alpha value is -1.43. The molecule has 0 saturated carbocycles. The van der Waals surface area contributed by atoms with E-state index >= 15 is 0 Å². The quantitative estimate of drug-likeness (QED) is 0.522. The van der Waals surface area contributed by atoms with Crippen molar-refractivity contribution in [1.29, 1.82) is 0 Å². The lowest BCUT2D eigenvalue weighted by Gasteiger charge is -2.14. The molecule has 1 unspecified atom stereocenters. The summed E-state index contributed by atoms with van der Waals surface area (Å²) in [6, 6.07) is 0. The zero-order valence-electron chi connectivity index (χ0n) is 12.5. The minimum Gasteiger partial charge on any atom is -0.379 e. The van der Waals surface area contributed by atoms with Gasteiger partial charge >= 0.3 is 0 Å². The summed E-state index contributed by atoms with van der Waals surface area (Å²) in [7, 11) is 0. The minimum atomic E-state index is -0.218. The Labute approximate surface area is 119 Å². The molecule has 0 aromatic carbocycles. The molecule has 1 N–H and O–H groups in total. The fraction of sp³-hybridized carbons (Fsp3) is 0.786. The molecular weight excluding hydrogens is 260 g/mol. The van der Waals surface area contributed by atoms with Crippen molar-refractivity contribution >= 4 is 17.7 Å². The number of hydrogen-bond donors (Lipinski definition) is 1. The predicted molar refractivity (Wildman–Crippen MR) is 73.8 cm³/mol. The van der Waals surface area contributed by atoms with Crippen LogP contribution in [0.25, 0.3) is 0 Å². The summed E-state index contributed by atoms with van der Waals surface area (Å²) in [5.41, 5.74) is 0. The second kappa shape index (κ2) is 7.99. The van der Waals surface area contributed by atoms with Crippen molar-refractivity contribution in [2.24, 2.45) is 11.8 Å². The second-order valence-electron chi connectivity index (χ2n) is 5.55. The monoisotopic (exact) mass is 284 g/mol. The van der Waals surface area contributed by atoms with Gasteiger partial charge in [0.25, 0.3) is 0 Å². The van der Waals surface area contributed by atoms with Gasteiger partial charge in [0.15, 0.2) is 0 Å². The van der Waals surface area contributed by atoms with Gasteiger partial charge in [-0.25, -0.2) is 0 Å². The Morgan fingerprint density at radius 3 is 2.65 bits per heavy atom. The third-order valence-corrected chi connectivity index (χ3v) is 3.11. The lowest BCUT2D eigenvalue weighted by atomic mass is 10.1. The average molecular weight is 284 g/mol. The molecule has 1 heterocycles. The Balaban J connectivity index is 2.09. The van der Waals surface area contributed by atoms with E-state index in [9.17, 15) is 14.4 Å². The first kappa shape index (κ1) is 16.6. The topological polar surface area (TPSA) is 75.7 Å². The predicted octanol–water partition coefficient (Wildman–Crippen LogP) is 0.560. The summed E-state index contributed by atoms with van der Waals surface area (Å²) < 4.78 is 5.30. The van der Waals surface area contributed by atoms with Gasteiger partial charge in [-0.05, 0) is 5.92 Å². The maximum Gasteiger partial charge on any atom is 0.232 e. The highest BCUT2D eigenvalue weighted by Gasteiger charge is 2.34. The molecule has 1 atom stereocenters. The van der Waals surface area contributed by atoms with E-state index in [2.05, 4.69) is 5.32 Å². The van der Waals surface area contributed by atoms with Crippen LogP contribution in [0.5, 0.6) is 0 Å². The van der Waals surface area contributed by atoms with Crippen LogP contribution in [0.3, 0.4) is 0 Å². The van der Waals surface area contributed by atoms with Crippen molar-refractivity contribution in [3.63, 3.8) is 0 Å². The Morgan fingerprint density at radius 2 is 2.10 bits per heavy atom. The van der Waals surface area contributed by atoms with E-state index in [4.69, 9.17) is 4.74 Å². The summed E-state index contributed by atoms with van der Waals surface area (Å²) in [5, 5.41) is 2.80. The molecule has 1 aliphatic heterocycles. The van der Waals surface area contributed by atoms with Crippen molar-refractivity contribution < 1.29 is 19.1 Å². The van der Waals surface area contributed by atoms with Crippen LogP contribution in [0.15, 0.2) is 0 Å². The molecule has 6 heteroatoms. The molecule has 20 heavy (non-hydrogen) atoms. The zero-order valence-corrected chi connectivity index (χ0v) is 12.5. The number of likely N-dealkylation sites (tertiary alicyclic amines) is 1. The molecule has 1 rings (SSSR count). The molecule has 6 nitrogen and oxygen atoms in total. The Morgan fingerprint density at radius 1 is 1.40 bits per heavy atom. The van der Waals surface area contributed by atoms with E-state index in [0.29, 0.717) is 25.5 Å². The highest BCUT2D eigenvalue weighted by Crippen LogP contribution is 2.17. The fourth-order valence-electron chi connectivity index (χ4n) is 1.91. The zero-order chi connectivity index (χ0) is 15.1. The van der Waals surface area contributed by atoms with Gasteiger partial charge in [-0.1, -0.05) is 20.8 Å². The summed E-state index contributed by atoms with van der Waals surface area (Å²) in [6.07, 6.45) is 0.585. The van der Waals surface area contributed by atoms with Gasteiger partial charge in [-0.2, -0.15) is 0 Å². The standard InChI is InChI=1S/C14H24N2O4/c1-10(2)9-15-12(17)4-6-20-7-5-16-13(18)8-11(3)14(16)19/h10-11H,4-9H2,1-3H3,(H,15,17). The van der Waals surface area contributed by atoms with E-state index in [0.717, 1.165) is 0 Å². The van der Waals surface area contributed by atoms with Gasteiger partial charge in [-0.15, -0.1) is 0 Å². The first-order chi connectivity index (χ1) is 9.41. The van der Waals surface area contributed by atoms with Crippen LogP contribution in [0, 0.1) is 11.8 Å². The van der Waals surface area contributed by atoms with Gasteiger partial charge in [0.2, 0.25) is 17.7 Å². The molecule has 3 amide bonds. The van der Waals surface area contributed by atoms with Crippen LogP contribution in [-0.4, -0.2) is 48.9 Å². The van der Waals surface area contributed by atoms with Gasteiger partial charge < -0.3 is 10.1 Å². The fourth-order valence-corrected chi connectivity index (χ4v) is 1.91. The molecule has 1 fully saturated rings. The van der Waals surface area contributed by atoms with Crippen molar-refractivity contribution in [2.75, 3.05) is 26.3 Å². The molecule has 0 spiro atoms. The van der Waals surface area contributed by atoms with Gasteiger partial charge in [0.1, 0.15) is 0 Å². The van der Waals surface area contributed by atoms with Crippen LogP contribution in [0.4, 0.5) is 0 Å². The largest absolute Gasteiger partial charge is 0.379 e. The number of imide groups is 1. The van der Waals surface area contributed by atoms with Crippen LogP contribution in [-0.2, 0) is 19.1 Å². The van der Waals surface area contributed by atoms with E-state index in [-0.39, 0.29) is 43.2 Å². The number of hydrogen-bond acceptors (Lipinski definition) is 4. The molecule has 114 valence electrons. The number of nitrogens with one attached hydrogen (secondary N) is 1. The number of nitrogens with zero attached hydrogens (tertiary/aromatic N) is 1. The van der Waals surface area contributed by atoms with E-state index in [1.54, 1.807) is 6.92 Å². The highest BCUT2D eigenvalue weighted by atomic mass is 16.5. The molecule has 0 bridgehead atoms. The van der Waals surface area contributed by atoms with E-state index in [1.165, 1.54) is 4.90 Å². The summed E-state index contributed by atoms with van der Waals surface area (Å²) in [5.74, 6) is -0.104. The number of ether oxygens (including phenoxy) is 1.